The van der Waals surface area contributed by atoms with Crippen molar-refractivity contribution < 1.29 is 0 Å². The number of rotatable bonds is 3. The first kappa shape index (κ1) is 12.0. The van der Waals surface area contributed by atoms with Gasteiger partial charge in [-0.3, -0.25) is 0 Å². The van der Waals surface area contributed by atoms with E-state index in [-0.39, 0.29) is 0 Å². The van der Waals surface area contributed by atoms with Crippen molar-refractivity contribution in [3.8, 4) is 11.3 Å². The highest BCUT2D eigenvalue weighted by atomic mass is 14.7. The fourth-order valence-electron chi connectivity index (χ4n) is 2.71. The van der Waals surface area contributed by atoms with Crippen LogP contribution in [0.5, 0.6) is 0 Å². The number of hydrogen-bond donors (Lipinski definition) is 1. The molecule has 1 N–H and O–H groups in total. The van der Waals surface area contributed by atoms with Crippen molar-refractivity contribution in [1.29, 1.82) is 0 Å². The van der Waals surface area contributed by atoms with E-state index in [1.165, 1.54) is 39.7 Å². The van der Waals surface area contributed by atoms with E-state index < -0.39 is 0 Å². The second-order valence-corrected chi connectivity index (χ2v) is 5.18. The van der Waals surface area contributed by atoms with Crippen LogP contribution in [-0.4, -0.2) is 4.98 Å². The maximum Gasteiger partial charge on any atom is 0.0488 e. The fourth-order valence-corrected chi connectivity index (χ4v) is 2.71. The van der Waals surface area contributed by atoms with E-state index in [2.05, 4.69) is 67.4 Å². The summed E-state index contributed by atoms with van der Waals surface area (Å²) in [6.07, 6.45) is 2.35. The van der Waals surface area contributed by atoms with Crippen LogP contribution in [0.2, 0.25) is 0 Å². The van der Waals surface area contributed by atoms with Crippen LogP contribution in [0.3, 0.4) is 0 Å². The van der Waals surface area contributed by atoms with Crippen molar-refractivity contribution in [1.82, 2.24) is 4.98 Å². The largest absolute Gasteiger partial charge is 0.354 e. The fraction of sp³-hybridized carbons (Fsp3) is 0.222. The predicted molar refractivity (Wildman–Crippen MR) is 82.5 cm³/mol. The number of aryl methyl sites for hydroxylation is 2. The molecule has 0 aliphatic heterocycles. The molecule has 0 saturated heterocycles. The number of fused-ring (bicyclic) bond motifs is 1. The van der Waals surface area contributed by atoms with Crippen molar-refractivity contribution in [2.75, 3.05) is 0 Å². The molecule has 0 aliphatic carbocycles. The van der Waals surface area contributed by atoms with Crippen LogP contribution < -0.4 is 0 Å². The minimum atomic E-state index is 1.16. The normalized spacial score (nSPS) is 11.1. The van der Waals surface area contributed by atoms with Gasteiger partial charge in [-0.2, -0.15) is 0 Å². The molecule has 1 heterocycles. The lowest BCUT2D eigenvalue weighted by atomic mass is 10.0. The van der Waals surface area contributed by atoms with Crippen LogP contribution in [-0.2, 0) is 6.42 Å². The van der Waals surface area contributed by atoms with Crippen molar-refractivity contribution in [3.05, 3.63) is 59.7 Å². The van der Waals surface area contributed by atoms with Gasteiger partial charge in [-0.25, -0.2) is 0 Å². The molecular formula is C18H19N. The first-order valence-corrected chi connectivity index (χ1v) is 6.95. The summed E-state index contributed by atoms with van der Waals surface area (Å²) in [5.41, 5.74) is 6.48. The highest BCUT2D eigenvalue weighted by molar-refractivity contribution is 5.88. The zero-order valence-corrected chi connectivity index (χ0v) is 11.5. The summed E-state index contributed by atoms with van der Waals surface area (Å²) in [5, 5.41) is 1.32. The topological polar surface area (TPSA) is 15.8 Å². The lowest BCUT2D eigenvalue weighted by molar-refractivity contribution is 0.922. The molecule has 0 bridgehead atoms. The zero-order valence-electron chi connectivity index (χ0n) is 11.5. The third kappa shape index (κ3) is 2.28. The third-order valence-corrected chi connectivity index (χ3v) is 3.61. The molecule has 0 unspecified atom stereocenters. The van der Waals surface area contributed by atoms with E-state index >= 15 is 0 Å². The van der Waals surface area contributed by atoms with E-state index in [0.29, 0.717) is 0 Å². The number of nitrogens with one attached hydrogen (secondary N) is 1. The first-order chi connectivity index (χ1) is 9.28. The van der Waals surface area contributed by atoms with Gasteiger partial charge in [0.1, 0.15) is 0 Å². The number of aromatic nitrogens is 1. The van der Waals surface area contributed by atoms with E-state index in [1.807, 2.05) is 0 Å². The Morgan fingerprint density at radius 2 is 1.79 bits per heavy atom. The van der Waals surface area contributed by atoms with Crippen molar-refractivity contribution in [3.63, 3.8) is 0 Å². The van der Waals surface area contributed by atoms with E-state index in [1.54, 1.807) is 0 Å². The number of hydrogen-bond acceptors (Lipinski definition) is 0. The summed E-state index contributed by atoms with van der Waals surface area (Å²) in [5.74, 6) is 0. The van der Waals surface area contributed by atoms with E-state index in [9.17, 15) is 0 Å². The molecule has 96 valence electrons. The lowest BCUT2D eigenvalue weighted by Crippen LogP contribution is -1.85. The Hall–Kier alpha value is -2.02. The molecule has 2 aromatic carbocycles. The maximum absolute atomic E-state index is 3.55. The van der Waals surface area contributed by atoms with Gasteiger partial charge in [-0.1, -0.05) is 49.7 Å². The van der Waals surface area contributed by atoms with Crippen LogP contribution in [0.25, 0.3) is 22.2 Å². The van der Waals surface area contributed by atoms with Gasteiger partial charge in [0.15, 0.2) is 0 Å². The molecule has 3 rings (SSSR count). The van der Waals surface area contributed by atoms with Crippen LogP contribution in [0.1, 0.15) is 24.5 Å². The maximum atomic E-state index is 3.55. The summed E-state index contributed by atoms with van der Waals surface area (Å²) < 4.78 is 0. The van der Waals surface area contributed by atoms with Gasteiger partial charge in [0.25, 0.3) is 0 Å². The summed E-state index contributed by atoms with van der Waals surface area (Å²) in [4.78, 5) is 3.55. The molecule has 1 nitrogen and oxygen atoms in total. The Morgan fingerprint density at radius 3 is 2.53 bits per heavy atom. The quantitative estimate of drug-likeness (QED) is 0.665. The number of benzene rings is 2. The third-order valence-electron chi connectivity index (χ3n) is 3.61. The molecule has 19 heavy (non-hydrogen) atoms. The number of H-pyrrole nitrogens is 1. The van der Waals surface area contributed by atoms with Gasteiger partial charge in [0, 0.05) is 16.6 Å². The molecule has 0 atom stereocenters. The summed E-state index contributed by atoms with van der Waals surface area (Å²) in [7, 11) is 0. The SMILES string of the molecule is CCCc1cc(C)c2[nH]c(-c3ccccc3)cc2c1. The van der Waals surface area contributed by atoms with Gasteiger partial charge < -0.3 is 4.98 Å². The molecule has 0 amide bonds. The van der Waals surface area contributed by atoms with Crippen molar-refractivity contribution in [2.24, 2.45) is 0 Å². The molecule has 0 fully saturated rings. The van der Waals surface area contributed by atoms with E-state index in [0.717, 1.165) is 6.42 Å². The average molecular weight is 249 g/mol. The monoisotopic (exact) mass is 249 g/mol. The van der Waals surface area contributed by atoms with Crippen LogP contribution in [0.4, 0.5) is 0 Å². The predicted octanol–water partition coefficient (Wildman–Crippen LogP) is 5.10. The highest BCUT2D eigenvalue weighted by Gasteiger charge is 2.06. The van der Waals surface area contributed by atoms with Crippen LogP contribution in [0.15, 0.2) is 48.5 Å². The summed E-state index contributed by atoms with van der Waals surface area (Å²) >= 11 is 0. The Labute approximate surface area is 114 Å². The molecule has 3 aromatic rings. The lowest BCUT2D eigenvalue weighted by Gasteiger charge is -2.02. The first-order valence-electron chi connectivity index (χ1n) is 6.95. The minimum Gasteiger partial charge on any atom is -0.354 e. The van der Waals surface area contributed by atoms with E-state index in [4.69, 9.17) is 0 Å². The van der Waals surface area contributed by atoms with Gasteiger partial charge >= 0.3 is 0 Å². The Kier molecular flexibility index (Phi) is 3.12. The molecule has 1 aromatic heterocycles. The Balaban J connectivity index is 2.13. The van der Waals surface area contributed by atoms with Gasteiger partial charge in [0.05, 0.1) is 0 Å². The highest BCUT2D eigenvalue weighted by Crippen LogP contribution is 2.27. The average Bonchev–Trinajstić information content (AvgIpc) is 2.85. The van der Waals surface area contributed by atoms with Crippen molar-refractivity contribution >= 4 is 10.9 Å². The zero-order chi connectivity index (χ0) is 13.2. The van der Waals surface area contributed by atoms with Crippen molar-refractivity contribution in [2.45, 2.75) is 26.7 Å². The van der Waals surface area contributed by atoms with Crippen LogP contribution in [0, 0.1) is 6.92 Å². The smallest absolute Gasteiger partial charge is 0.0488 e. The molecule has 0 spiro atoms. The molecule has 0 saturated carbocycles. The summed E-state index contributed by atoms with van der Waals surface area (Å²) in [6, 6.07) is 17.4. The van der Waals surface area contributed by atoms with Gasteiger partial charge in [-0.05, 0) is 42.2 Å². The van der Waals surface area contributed by atoms with Gasteiger partial charge in [0.2, 0.25) is 0 Å². The molecule has 1 heteroatoms. The number of aromatic amines is 1. The minimum absolute atomic E-state index is 1.16. The molecule has 0 aliphatic rings. The molecular weight excluding hydrogens is 230 g/mol. The second-order valence-electron chi connectivity index (χ2n) is 5.18. The Bertz CT molecular complexity index is 692. The summed E-state index contributed by atoms with van der Waals surface area (Å²) in [6.45, 7) is 4.42. The molecule has 0 radical (unpaired) electrons. The van der Waals surface area contributed by atoms with Gasteiger partial charge in [-0.15, -0.1) is 0 Å². The Morgan fingerprint density at radius 1 is 1.00 bits per heavy atom. The standard InChI is InChI=1S/C18H19N/c1-3-7-14-10-13(2)18-16(11-14)12-17(19-18)15-8-5-4-6-9-15/h4-6,8-12,19H,3,7H2,1-2H3. The van der Waals surface area contributed by atoms with Crippen LogP contribution >= 0.6 is 0 Å². The second kappa shape index (κ2) is 4.93.